The number of aliphatic hydroxyl groups is 1. The first-order valence-electron chi connectivity index (χ1n) is 8.24. The van der Waals surface area contributed by atoms with Crippen molar-refractivity contribution < 1.29 is 14.3 Å². The molecule has 1 amide bonds. The van der Waals surface area contributed by atoms with E-state index in [1.165, 1.54) is 0 Å². The van der Waals surface area contributed by atoms with Crippen LogP contribution in [-0.2, 0) is 4.79 Å². The second kappa shape index (κ2) is 8.36. The first kappa shape index (κ1) is 18.6. The van der Waals surface area contributed by atoms with Crippen LogP contribution < -0.4 is 10.2 Å². The van der Waals surface area contributed by atoms with Crippen LogP contribution in [0, 0.1) is 25.2 Å². The Labute approximate surface area is 147 Å². The van der Waals surface area contributed by atoms with Gasteiger partial charge in [-0.15, -0.1) is 0 Å². The lowest BCUT2D eigenvalue weighted by Gasteiger charge is -2.31. The Morgan fingerprint density at radius 3 is 2.60 bits per heavy atom. The zero-order valence-corrected chi connectivity index (χ0v) is 14.7. The maximum atomic E-state index is 12.5. The summed E-state index contributed by atoms with van der Waals surface area (Å²) in [6, 6.07) is 11.3. The average molecular weight is 341 g/mol. The Hall–Kier alpha value is -2.78. The van der Waals surface area contributed by atoms with Crippen LogP contribution in [0.4, 0.5) is 11.6 Å². The van der Waals surface area contributed by atoms with Gasteiger partial charge in [0.15, 0.2) is 0 Å². The van der Waals surface area contributed by atoms with Gasteiger partial charge in [0.2, 0.25) is 11.8 Å². The predicted molar refractivity (Wildman–Crippen MR) is 96.5 cm³/mol. The molecule has 6 heteroatoms. The number of nitriles is 1. The Morgan fingerprint density at radius 1 is 1.36 bits per heavy atom. The number of para-hydroxylation sites is 1. The minimum Gasteiger partial charge on any atom is -0.444 e. The number of aliphatic hydroxyl groups excluding tert-OH is 1. The van der Waals surface area contributed by atoms with Crippen LogP contribution in [0.1, 0.15) is 30.2 Å². The third kappa shape index (κ3) is 4.20. The molecular formula is C19H23N3O3. The smallest absolute Gasteiger partial charge is 0.246 e. The molecule has 1 heterocycles. The van der Waals surface area contributed by atoms with E-state index < -0.39 is 0 Å². The zero-order chi connectivity index (χ0) is 18.4. The molecule has 0 aliphatic rings. The van der Waals surface area contributed by atoms with Crippen LogP contribution in [0.2, 0.25) is 0 Å². The molecule has 0 aliphatic heterocycles. The molecule has 0 spiro atoms. The number of amides is 1. The van der Waals surface area contributed by atoms with Crippen LogP contribution in [0.5, 0.6) is 0 Å². The summed E-state index contributed by atoms with van der Waals surface area (Å²) >= 11 is 0. The summed E-state index contributed by atoms with van der Waals surface area (Å²) in [5, 5.41) is 21.6. The van der Waals surface area contributed by atoms with Crippen molar-refractivity contribution in [1.29, 1.82) is 5.26 Å². The molecule has 1 aromatic heterocycles. The lowest BCUT2D eigenvalue weighted by molar-refractivity contribution is -0.115. The van der Waals surface area contributed by atoms with E-state index in [4.69, 9.17) is 4.42 Å². The van der Waals surface area contributed by atoms with Crippen molar-refractivity contribution in [2.24, 2.45) is 0 Å². The van der Waals surface area contributed by atoms with Gasteiger partial charge < -0.3 is 14.4 Å². The van der Waals surface area contributed by atoms with Gasteiger partial charge in [-0.25, -0.2) is 0 Å². The molecule has 0 bridgehead atoms. The topological polar surface area (TPSA) is 89.5 Å². The number of nitrogens with one attached hydrogen (secondary N) is 1. The first-order chi connectivity index (χ1) is 12.0. The molecule has 0 saturated heterocycles. The summed E-state index contributed by atoms with van der Waals surface area (Å²) in [4.78, 5) is 14.4. The largest absolute Gasteiger partial charge is 0.444 e. The standard InChI is InChI=1S/C19H23N3O3/c1-4-15(12-23)22(16-8-6-5-7-9-16)11-18(24)21-19-17(10-20)13(2)14(3)25-19/h5-9,15,23H,4,11-12H2,1-3H3,(H,21,24). The highest BCUT2D eigenvalue weighted by atomic mass is 16.4. The van der Waals surface area contributed by atoms with Crippen LogP contribution in [-0.4, -0.2) is 30.2 Å². The molecule has 0 saturated carbocycles. The van der Waals surface area contributed by atoms with Gasteiger partial charge in [-0.1, -0.05) is 25.1 Å². The number of anilines is 2. The first-order valence-corrected chi connectivity index (χ1v) is 8.24. The molecule has 132 valence electrons. The second-order valence-corrected chi connectivity index (χ2v) is 5.86. The van der Waals surface area contributed by atoms with Crippen molar-refractivity contribution in [3.05, 3.63) is 47.2 Å². The fourth-order valence-corrected chi connectivity index (χ4v) is 2.67. The molecule has 1 atom stereocenters. The van der Waals surface area contributed by atoms with E-state index in [-0.39, 0.29) is 31.0 Å². The lowest BCUT2D eigenvalue weighted by atomic mass is 10.1. The summed E-state index contributed by atoms with van der Waals surface area (Å²) in [6.07, 6.45) is 0.696. The molecule has 1 unspecified atom stereocenters. The van der Waals surface area contributed by atoms with Gasteiger partial charge in [-0.05, 0) is 32.4 Å². The summed E-state index contributed by atoms with van der Waals surface area (Å²) in [5.74, 6) is 0.474. The summed E-state index contributed by atoms with van der Waals surface area (Å²) in [5.41, 5.74) is 1.91. The van der Waals surface area contributed by atoms with Gasteiger partial charge in [-0.3, -0.25) is 10.1 Å². The molecule has 1 aromatic carbocycles. The van der Waals surface area contributed by atoms with Crippen LogP contribution in [0.15, 0.2) is 34.7 Å². The molecule has 2 aromatic rings. The maximum absolute atomic E-state index is 12.5. The third-order valence-corrected chi connectivity index (χ3v) is 4.27. The quantitative estimate of drug-likeness (QED) is 0.808. The molecule has 25 heavy (non-hydrogen) atoms. The summed E-state index contributed by atoms with van der Waals surface area (Å²) in [6.45, 7) is 5.48. The van der Waals surface area contributed by atoms with Gasteiger partial charge in [0.25, 0.3) is 0 Å². The highest BCUT2D eigenvalue weighted by molar-refractivity contribution is 5.94. The third-order valence-electron chi connectivity index (χ3n) is 4.27. The van der Waals surface area contributed by atoms with Gasteiger partial charge in [0.05, 0.1) is 19.2 Å². The Bertz CT molecular complexity index is 758. The maximum Gasteiger partial charge on any atom is 0.246 e. The van der Waals surface area contributed by atoms with Gasteiger partial charge in [-0.2, -0.15) is 5.26 Å². The Balaban J connectivity index is 2.20. The van der Waals surface area contributed by atoms with Gasteiger partial charge in [0, 0.05) is 11.3 Å². The van der Waals surface area contributed by atoms with E-state index >= 15 is 0 Å². The van der Waals surface area contributed by atoms with Crippen molar-refractivity contribution in [1.82, 2.24) is 0 Å². The number of aryl methyl sites for hydroxylation is 1. The predicted octanol–water partition coefficient (Wildman–Crippen LogP) is 2.98. The van der Waals surface area contributed by atoms with Crippen molar-refractivity contribution in [3.63, 3.8) is 0 Å². The average Bonchev–Trinajstić information content (AvgIpc) is 2.88. The lowest BCUT2D eigenvalue weighted by Crippen LogP contribution is -2.42. The van der Waals surface area contributed by atoms with E-state index in [1.54, 1.807) is 13.8 Å². The molecule has 0 radical (unpaired) electrons. The van der Waals surface area contributed by atoms with E-state index in [2.05, 4.69) is 11.4 Å². The minimum absolute atomic E-state index is 0.0484. The molecule has 2 N–H and O–H groups in total. The fourth-order valence-electron chi connectivity index (χ4n) is 2.67. The van der Waals surface area contributed by atoms with E-state index in [0.717, 1.165) is 11.3 Å². The molecule has 0 aliphatic carbocycles. The van der Waals surface area contributed by atoms with E-state index in [9.17, 15) is 15.2 Å². The van der Waals surface area contributed by atoms with Gasteiger partial charge in [0.1, 0.15) is 17.4 Å². The minimum atomic E-state index is -0.305. The number of rotatable bonds is 7. The van der Waals surface area contributed by atoms with Gasteiger partial charge >= 0.3 is 0 Å². The number of carbonyl (C=O) groups excluding carboxylic acids is 1. The van der Waals surface area contributed by atoms with Crippen LogP contribution in [0.3, 0.4) is 0 Å². The zero-order valence-electron chi connectivity index (χ0n) is 14.7. The van der Waals surface area contributed by atoms with Crippen LogP contribution >= 0.6 is 0 Å². The highest BCUT2D eigenvalue weighted by Crippen LogP contribution is 2.25. The summed E-state index contributed by atoms with van der Waals surface area (Å²) < 4.78 is 5.49. The van der Waals surface area contributed by atoms with E-state index in [0.29, 0.717) is 17.7 Å². The normalized spacial score (nSPS) is 11.6. The monoisotopic (exact) mass is 341 g/mol. The number of nitrogens with zero attached hydrogens (tertiary/aromatic N) is 2. The van der Waals surface area contributed by atoms with Crippen LogP contribution in [0.25, 0.3) is 0 Å². The van der Waals surface area contributed by atoms with E-state index in [1.807, 2.05) is 42.2 Å². The Morgan fingerprint density at radius 2 is 2.04 bits per heavy atom. The molecule has 6 nitrogen and oxygen atoms in total. The molecule has 2 rings (SSSR count). The number of furan rings is 1. The fraction of sp³-hybridized carbons (Fsp3) is 0.368. The number of benzene rings is 1. The number of carbonyl (C=O) groups is 1. The second-order valence-electron chi connectivity index (χ2n) is 5.86. The molecular weight excluding hydrogens is 318 g/mol. The SMILES string of the molecule is CCC(CO)N(CC(=O)Nc1oc(C)c(C)c1C#N)c1ccccc1. The number of hydrogen-bond acceptors (Lipinski definition) is 5. The summed E-state index contributed by atoms with van der Waals surface area (Å²) in [7, 11) is 0. The van der Waals surface area contributed by atoms with Crippen molar-refractivity contribution in [2.75, 3.05) is 23.4 Å². The van der Waals surface area contributed by atoms with Crippen molar-refractivity contribution in [2.45, 2.75) is 33.2 Å². The molecule has 0 fully saturated rings. The highest BCUT2D eigenvalue weighted by Gasteiger charge is 2.22. The Kier molecular flexibility index (Phi) is 6.20. The van der Waals surface area contributed by atoms with Crippen molar-refractivity contribution >= 4 is 17.5 Å². The van der Waals surface area contributed by atoms with Crippen molar-refractivity contribution in [3.8, 4) is 6.07 Å². The number of hydrogen-bond donors (Lipinski definition) is 2.